The molecule has 2 heterocycles. The van der Waals surface area contributed by atoms with Crippen LogP contribution in [0.25, 0.3) is 0 Å². The number of hydrazine groups is 1. The highest BCUT2D eigenvalue weighted by Gasteiger charge is 2.11. The van der Waals surface area contributed by atoms with E-state index in [4.69, 9.17) is 17.3 Å². The molecule has 7 nitrogen and oxygen atoms in total. The molecule has 0 unspecified atom stereocenters. The van der Waals surface area contributed by atoms with E-state index in [9.17, 15) is 0 Å². The van der Waals surface area contributed by atoms with Crippen molar-refractivity contribution < 1.29 is 0 Å². The van der Waals surface area contributed by atoms with Crippen molar-refractivity contribution in [2.45, 2.75) is 19.5 Å². The van der Waals surface area contributed by atoms with Gasteiger partial charge in [-0.15, -0.1) is 0 Å². The van der Waals surface area contributed by atoms with Crippen molar-refractivity contribution in [2.75, 3.05) is 18.1 Å². The van der Waals surface area contributed by atoms with Gasteiger partial charge in [0.25, 0.3) is 0 Å². The van der Waals surface area contributed by atoms with Gasteiger partial charge in [-0.2, -0.15) is 0 Å². The van der Waals surface area contributed by atoms with Crippen LogP contribution in [0.5, 0.6) is 0 Å². The van der Waals surface area contributed by atoms with Gasteiger partial charge in [-0.25, -0.2) is 5.84 Å². The molecular formula is C23H29N7. The van der Waals surface area contributed by atoms with Crippen molar-refractivity contribution in [3.05, 3.63) is 102 Å². The Kier molecular flexibility index (Phi) is 7.91. The summed E-state index contributed by atoms with van der Waals surface area (Å²) in [6.45, 7) is 2.47. The molecule has 3 aromatic rings. The Hall–Kier alpha value is -3.26. The van der Waals surface area contributed by atoms with Crippen molar-refractivity contribution in [1.82, 2.24) is 14.9 Å². The lowest BCUT2D eigenvalue weighted by Gasteiger charge is -2.23. The van der Waals surface area contributed by atoms with Crippen LogP contribution in [-0.2, 0) is 19.5 Å². The summed E-state index contributed by atoms with van der Waals surface area (Å²) >= 11 is 0. The van der Waals surface area contributed by atoms with Gasteiger partial charge in [0.05, 0.1) is 17.1 Å². The molecule has 0 aliphatic carbocycles. The van der Waals surface area contributed by atoms with Crippen molar-refractivity contribution in [3.63, 3.8) is 0 Å². The van der Waals surface area contributed by atoms with E-state index in [2.05, 4.69) is 14.9 Å². The van der Waals surface area contributed by atoms with E-state index in [0.717, 1.165) is 23.5 Å². The van der Waals surface area contributed by atoms with E-state index >= 15 is 0 Å². The molecule has 0 saturated carbocycles. The van der Waals surface area contributed by atoms with Crippen LogP contribution in [0.1, 0.15) is 17.0 Å². The maximum absolute atomic E-state index is 6.34. The lowest BCUT2D eigenvalue weighted by molar-refractivity contribution is 0.271. The van der Waals surface area contributed by atoms with Gasteiger partial charge in [-0.1, -0.05) is 24.3 Å². The molecule has 0 bridgehead atoms. The molecule has 30 heavy (non-hydrogen) atoms. The van der Waals surface area contributed by atoms with Crippen LogP contribution in [0.3, 0.4) is 0 Å². The second kappa shape index (κ2) is 11.1. The minimum atomic E-state index is 0.534. The second-order valence-corrected chi connectivity index (χ2v) is 7.10. The van der Waals surface area contributed by atoms with E-state index in [1.807, 2.05) is 60.7 Å². The molecule has 0 atom stereocenters. The largest absolute Gasteiger partial charge is 0.400 e. The summed E-state index contributed by atoms with van der Waals surface area (Å²) in [6.07, 6.45) is 6.19. The summed E-state index contributed by atoms with van der Waals surface area (Å²) < 4.78 is 0. The highest BCUT2D eigenvalue weighted by atomic mass is 15.4. The van der Waals surface area contributed by atoms with Crippen LogP contribution in [-0.4, -0.2) is 28.0 Å². The highest BCUT2D eigenvalue weighted by molar-refractivity contribution is 5.49. The van der Waals surface area contributed by atoms with E-state index < -0.39 is 0 Å². The fraction of sp³-hybridized carbons (Fsp3) is 0.217. The number of rotatable bonds is 10. The van der Waals surface area contributed by atoms with Crippen LogP contribution in [0.2, 0.25) is 0 Å². The molecule has 0 amide bonds. The minimum absolute atomic E-state index is 0.534. The Labute approximate surface area is 177 Å². The molecular weight excluding hydrogens is 374 g/mol. The zero-order valence-corrected chi connectivity index (χ0v) is 17.1. The van der Waals surface area contributed by atoms with Crippen LogP contribution in [0, 0.1) is 0 Å². The fourth-order valence-electron chi connectivity index (χ4n) is 3.16. The highest BCUT2D eigenvalue weighted by Crippen LogP contribution is 2.14. The molecule has 0 radical (unpaired) electrons. The number of hydrogen-bond acceptors (Lipinski definition) is 7. The summed E-state index contributed by atoms with van der Waals surface area (Å²) in [7, 11) is 0. The van der Waals surface area contributed by atoms with E-state index in [1.165, 1.54) is 5.56 Å². The van der Waals surface area contributed by atoms with Crippen LogP contribution in [0.15, 0.2) is 85.0 Å². The maximum atomic E-state index is 6.34. The molecule has 3 rings (SSSR count). The Morgan fingerprint density at radius 2 is 1.47 bits per heavy atom. The number of benzene rings is 1. The molecule has 1 aromatic carbocycles. The van der Waals surface area contributed by atoms with E-state index in [0.29, 0.717) is 31.9 Å². The predicted molar refractivity (Wildman–Crippen MR) is 121 cm³/mol. The summed E-state index contributed by atoms with van der Waals surface area (Å²) in [5, 5.41) is 1.54. The Morgan fingerprint density at radius 3 is 1.97 bits per heavy atom. The number of hydrogen-bond donors (Lipinski definition) is 3. The first-order valence-electron chi connectivity index (χ1n) is 9.95. The van der Waals surface area contributed by atoms with Crippen molar-refractivity contribution in [2.24, 2.45) is 17.3 Å². The lowest BCUT2D eigenvalue weighted by Crippen LogP contribution is -2.31. The van der Waals surface area contributed by atoms with Gasteiger partial charge in [-0.05, 0) is 54.9 Å². The molecule has 0 aliphatic heterocycles. The summed E-state index contributed by atoms with van der Waals surface area (Å²) in [5.41, 5.74) is 16.6. The van der Waals surface area contributed by atoms with Gasteiger partial charge >= 0.3 is 0 Å². The van der Waals surface area contributed by atoms with Crippen molar-refractivity contribution >= 4 is 5.69 Å². The number of nitrogens with zero attached hydrogens (tertiary/aromatic N) is 4. The molecule has 0 spiro atoms. The first-order chi connectivity index (χ1) is 14.6. The molecule has 2 aromatic heterocycles. The van der Waals surface area contributed by atoms with Gasteiger partial charge in [0.2, 0.25) is 0 Å². The number of nitrogens with two attached hydrogens (primary N) is 3. The number of pyridine rings is 2. The third-order valence-electron chi connectivity index (χ3n) is 4.60. The number of anilines is 1. The van der Waals surface area contributed by atoms with Gasteiger partial charge in [-0.3, -0.25) is 19.9 Å². The van der Waals surface area contributed by atoms with Crippen molar-refractivity contribution in [3.8, 4) is 0 Å². The molecule has 156 valence electrons. The summed E-state index contributed by atoms with van der Waals surface area (Å²) in [4.78, 5) is 11.1. The molecule has 0 saturated heterocycles. The first kappa shape index (κ1) is 21.4. The van der Waals surface area contributed by atoms with Crippen LogP contribution < -0.4 is 22.3 Å². The second-order valence-electron chi connectivity index (χ2n) is 7.10. The zero-order chi connectivity index (χ0) is 21.2. The Balaban J connectivity index is 1.69. The lowest BCUT2D eigenvalue weighted by atomic mass is 10.1. The van der Waals surface area contributed by atoms with Gasteiger partial charge in [0, 0.05) is 43.9 Å². The smallest absolute Gasteiger partial charge is 0.0569 e. The molecule has 0 aliphatic rings. The van der Waals surface area contributed by atoms with Crippen LogP contribution in [0.4, 0.5) is 5.69 Å². The quantitative estimate of drug-likeness (QED) is 0.351. The third kappa shape index (κ3) is 6.66. The van der Waals surface area contributed by atoms with Gasteiger partial charge in [0.1, 0.15) is 0 Å². The standard InChI is InChI=1S/C23H29N7/c24-12-11-19-7-9-23(10-8-19)30(26)16-20(25)15-29(17-21-5-1-3-13-27-21)18-22-6-2-4-14-28-22/h1-10,13-14,16H,11-12,15,17-18,24-26H2/b20-16-. The van der Waals surface area contributed by atoms with Gasteiger partial charge in [0.15, 0.2) is 0 Å². The van der Waals surface area contributed by atoms with Crippen molar-refractivity contribution in [1.29, 1.82) is 0 Å². The van der Waals surface area contributed by atoms with Crippen LogP contribution >= 0.6 is 0 Å². The normalized spacial score (nSPS) is 11.6. The SMILES string of the molecule is NCCc1ccc(N(N)/C=C(\N)CN(Cc2ccccn2)Cc2ccccn2)cc1. The van der Waals surface area contributed by atoms with E-state index in [-0.39, 0.29) is 0 Å². The minimum Gasteiger partial charge on any atom is -0.400 e. The first-order valence-corrected chi connectivity index (χ1v) is 9.95. The predicted octanol–water partition coefficient (Wildman–Crippen LogP) is 2.16. The molecule has 6 N–H and O–H groups in total. The van der Waals surface area contributed by atoms with Gasteiger partial charge < -0.3 is 11.5 Å². The number of aromatic nitrogens is 2. The molecule has 0 fully saturated rings. The average molecular weight is 404 g/mol. The zero-order valence-electron chi connectivity index (χ0n) is 17.1. The monoisotopic (exact) mass is 403 g/mol. The fourth-order valence-corrected chi connectivity index (χ4v) is 3.16. The maximum Gasteiger partial charge on any atom is 0.0569 e. The Bertz CT molecular complexity index is 870. The third-order valence-corrected chi connectivity index (χ3v) is 4.60. The van der Waals surface area contributed by atoms with E-state index in [1.54, 1.807) is 23.6 Å². The summed E-state index contributed by atoms with van der Waals surface area (Å²) in [5.74, 6) is 6.21. The topological polar surface area (TPSA) is 110 Å². The summed E-state index contributed by atoms with van der Waals surface area (Å²) in [6, 6.07) is 19.8. The Morgan fingerprint density at radius 1 is 0.867 bits per heavy atom. The molecule has 7 heteroatoms. The average Bonchev–Trinajstić information content (AvgIpc) is 2.76.